The molecule has 0 atom stereocenters. The number of rotatable bonds is 7. The van der Waals surface area contributed by atoms with Gasteiger partial charge >= 0.3 is 0 Å². The standard InChI is InChI=1S/C22H27NO3/c1-25-20-10-7-18(8-11-20)9-12-21(24)23-17-22(13-15-26-16-14-22)19-5-3-2-4-6-19/h2-8,10-11H,9,12-17H2,1H3,(H,23,24). The number of hydrogen-bond acceptors (Lipinski definition) is 3. The number of benzene rings is 2. The van der Waals surface area contributed by atoms with E-state index < -0.39 is 0 Å². The van der Waals surface area contributed by atoms with E-state index >= 15 is 0 Å². The number of nitrogens with one attached hydrogen (secondary N) is 1. The van der Waals surface area contributed by atoms with E-state index in [2.05, 4.69) is 29.6 Å². The lowest BCUT2D eigenvalue weighted by atomic mass is 9.74. The van der Waals surface area contributed by atoms with Crippen molar-refractivity contribution in [3.63, 3.8) is 0 Å². The lowest BCUT2D eigenvalue weighted by Crippen LogP contribution is -2.44. The van der Waals surface area contributed by atoms with Gasteiger partial charge < -0.3 is 14.8 Å². The third kappa shape index (κ3) is 4.64. The van der Waals surface area contributed by atoms with Crippen LogP contribution in [0, 0.1) is 0 Å². The minimum Gasteiger partial charge on any atom is -0.497 e. The zero-order chi connectivity index (χ0) is 18.2. The van der Waals surface area contributed by atoms with Gasteiger partial charge in [-0.25, -0.2) is 0 Å². The normalized spacial score (nSPS) is 16.0. The highest BCUT2D eigenvalue weighted by Gasteiger charge is 2.34. The van der Waals surface area contributed by atoms with Crippen LogP contribution >= 0.6 is 0 Å². The largest absolute Gasteiger partial charge is 0.497 e. The van der Waals surface area contributed by atoms with E-state index in [4.69, 9.17) is 9.47 Å². The van der Waals surface area contributed by atoms with Gasteiger partial charge in [0.05, 0.1) is 7.11 Å². The van der Waals surface area contributed by atoms with E-state index in [0.29, 0.717) is 13.0 Å². The van der Waals surface area contributed by atoms with Gasteiger partial charge in [0.25, 0.3) is 0 Å². The molecular weight excluding hydrogens is 326 g/mol. The molecule has 1 N–H and O–H groups in total. The van der Waals surface area contributed by atoms with Crippen molar-refractivity contribution in [2.75, 3.05) is 26.9 Å². The Kier molecular flexibility index (Phi) is 6.29. The molecule has 0 aliphatic carbocycles. The van der Waals surface area contributed by atoms with Gasteiger partial charge in [-0.2, -0.15) is 0 Å². The van der Waals surface area contributed by atoms with Crippen LogP contribution in [-0.4, -0.2) is 32.8 Å². The van der Waals surface area contributed by atoms with E-state index in [1.807, 2.05) is 30.3 Å². The molecule has 0 aromatic heterocycles. The third-order valence-corrected chi connectivity index (χ3v) is 5.26. The monoisotopic (exact) mass is 353 g/mol. The summed E-state index contributed by atoms with van der Waals surface area (Å²) in [6.45, 7) is 2.16. The first-order chi connectivity index (χ1) is 12.7. The molecule has 26 heavy (non-hydrogen) atoms. The van der Waals surface area contributed by atoms with Gasteiger partial charge in [0.15, 0.2) is 0 Å². The van der Waals surface area contributed by atoms with Crippen LogP contribution in [0.15, 0.2) is 54.6 Å². The molecule has 4 heteroatoms. The summed E-state index contributed by atoms with van der Waals surface area (Å²) < 4.78 is 10.7. The molecule has 1 aliphatic heterocycles. The Morgan fingerprint density at radius 1 is 1.08 bits per heavy atom. The predicted octanol–water partition coefficient (Wildman–Crippen LogP) is 3.49. The van der Waals surface area contributed by atoms with Gasteiger partial charge in [-0.3, -0.25) is 4.79 Å². The average molecular weight is 353 g/mol. The molecule has 138 valence electrons. The molecule has 0 unspecified atom stereocenters. The summed E-state index contributed by atoms with van der Waals surface area (Å²) in [7, 11) is 1.65. The molecule has 3 rings (SSSR count). The number of carbonyl (C=O) groups is 1. The SMILES string of the molecule is COc1ccc(CCC(=O)NCC2(c3ccccc3)CCOCC2)cc1. The Morgan fingerprint density at radius 3 is 2.42 bits per heavy atom. The molecule has 2 aromatic carbocycles. The van der Waals surface area contributed by atoms with Crippen molar-refractivity contribution in [3.05, 3.63) is 65.7 Å². The molecular formula is C22H27NO3. The lowest BCUT2D eigenvalue weighted by Gasteiger charge is -2.38. The van der Waals surface area contributed by atoms with Gasteiger partial charge in [-0.05, 0) is 42.5 Å². The highest BCUT2D eigenvalue weighted by molar-refractivity contribution is 5.76. The van der Waals surface area contributed by atoms with E-state index in [1.54, 1.807) is 7.11 Å². The summed E-state index contributed by atoms with van der Waals surface area (Å²) in [5.74, 6) is 0.935. The first-order valence-electron chi connectivity index (χ1n) is 9.25. The highest BCUT2D eigenvalue weighted by atomic mass is 16.5. The molecule has 0 radical (unpaired) electrons. The minimum absolute atomic E-state index is 0.0186. The van der Waals surface area contributed by atoms with Gasteiger partial charge in [-0.15, -0.1) is 0 Å². The minimum atomic E-state index is -0.0186. The molecule has 0 bridgehead atoms. The fourth-order valence-corrected chi connectivity index (χ4v) is 3.53. The van der Waals surface area contributed by atoms with Gasteiger partial charge in [0.2, 0.25) is 5.91 Å². The second kappa shape index (κ2) is 8.86. The molecule has 1 heterocycles. The maximum atomic E-state index is 12.4. The van der Waals surface area contributed by atoms with Crippen LogP contribution in [0.4, 0.5) is 0 Å². The van der Waals surface area contributed by atoms with Crippen LogP contribution in [0.2, 0.25) is 0 Å². The molecule has 1 aliphatic rings. The Balaban J connectivity index is 1.55. The van der Waals surface area contributed by atoms with Gasteiger partial charge in [-0.1, -0.05) is 42.5 Å². The van der Waals surface area contributed by atoms with Gasteiger partial charge in [0, 0.05) is 31.6 Å². The molecule has 1 fully saturated rings. The second-order valence-electron chi connectivity index (χ2n) is 6.88. The van der Waals surface area contributed by atoms with E-state index in [0.717, 1.165) is 43.8 Å². The van der Waals surface area contributed by atoms with Crippen molar-refractivity contribution in [2.24, 2.45) is 0 Å². The Bertz CT molecular complexity index is 691. The lowest BCUT2D eigenvalue weighted by molar-refractivity contribution is -0.121. The Hall–Kier alpha value is -2.33. The highest BCUT2D eigenvalue weighted by Crippen LogP contribution is 2.34. The molecule has 2 aromatic rings. The van der Waals surface area contributed by atoms with E-state index in [1.165, 1.54) is 5.56 Å². The smallest absolute Gasteiger partial charge is 0.220 e. The first kappa shape index (κ1) is 18.5. The van der Waals surface area contributed by atoms with Crippen molar-refractivity contribution in [3.8, 4) is 5.75 Å². The molecule has 0 saturated carbocycles. The number of ether oxygens (including phenoxy) is 2. The van der Waals surface area contributed by atoms with Crippen LogP contribution in [0.3, 0.4) is 0 Å². The van der Waals surface area contributed by atoms with Crippen LogP contribution in [0.5, 0.6) is 5.75 Å². The Morgan fingerprint density at radius 2 is 1.77 bits per heavy atom. The summed E-state index contributed by atoms with van der Waals surface area (Å²) in [5.41, 5.74) is 2.42. The number of methoxy groups -OCH3 is 1. The van der Waals surface area contributed by atoms with Crippen LogP contribution in [-0.2, 0) is 21.4 Å². The van der Waals surface area contributed by atoms with Crippen molar-refractivity contribution < 1.29 is 14.3 Å². The second-order valence-corrected chi connectivity index (χ2v) is 6.88. The zero-order valence-electron chi connectivity index (χ0n) is 15.4. The number of amides is 1. The van der Waals surface area contributed by atoms with E-state index in [-0.39, 0.29) is 11.3 Å². The maximum absolute atomic E-state index is 12.4. The summed E-state index contributed by atoms with van der Waals surface area (Å²) >= 11 is 0. The number of aryl methyl sites for hydroxylation is 1. The number of hydrogen-bond donors (Lipinski definition) is 1. The van der Waals surface area contributed by atoms with Crippen molar-refractivity contribution >= 4 is 5.91 Å². The first-order valence-corrected chi connectivity index (χ1v) is 9.25. The molecule has 1 saturated heterocycles. The van der Waals surface area contributed by atoms with Crippen molar-refractivity contribution in [2.45, 2.75) is 31.1 Å². The van der Waals surface area contributed by atoms with Crippen LogP contribution < -0.4 is 10.1 Å². The summed E-state index contributed by atoms with van der Waals surface area (Å²) in [5, 5.41) is 3.17. The fraction of sp³-hybridized carbons (Fsp3) is 0.409. The van der Waals surface area contributed by atoms with Crippen LogP contribution in [0.1, 0.15) is 30.4 Å². The van der Waals surface area contributed by atoms with Crippen molar-refractivity contribution in [1.82, 2.24) is 5.32 Å². The Labute approximate surface area is 155 Å². The third-order valence-electron chi connectivity index (χ3n) is 5.26. The van der Waals surface area contributed by atoms with Crippen molar-refractivity contribution in [1.29, 1.82) is 0 Å². The maximum Gasteiger partial charge on any atom is 0.220 e. The van der Waals surface area contributed by atoms with E-state index in [9.17, 15) is 4.79 Å². The molecule has 4 nitrogen and oxygen atoms in total. The topological polar surface area (TPSA) is 47.6 Å². The zero-order valence-corrected chi connectivity index (χ0v) is 15.4. The van der Waals surface area contributed by atoms with Crippen LogP contribution in [0.25, 0.3) is 0 Å². The van der Waals surface area contributed by atoms with Gasteiger partial charge in [0.1, 0.15) is 5.75 Å². The quantitative estimate of drug-likeness (QED) is 0.829. The fourth-order valence-electron chi connectivity index (χ4n) is 3.53. The molecule has 0 spiro atoms. The average Bonchev–Trinajstić information content (AvgIpc) is 2.72. The molecule has 1 amide bonds. The summed E-state index contributed by atoms with van der Waals surface area (Å²) in [6.07, 6.45) is 3.11. The number of carbonyl (C=O) groups excluding carboxylic acids is 1. The summed E-state index contributed by atoms with van der Waals surface area (Å²) in [6, 6.07) is 18.4. The predicted molar refractivity (Wildman–Crippen MR) is 102 cm³/mol. The summed E-state index contributed by atoms with van der Waals surface area (Å²) in [4.78, 5) is 12.4.